The fraction of sp³-hybridized carbons (Fsp3) is 0.333. The van der Waals surface area contributed by atoms with E-state index < -0.39 is 5.54 Å². The lowest BCUT2D eigenvalue weighted by Crippen LogP contribution is -2.56. The van der Waals surface area contributed by atoms with E-state index in [1.54, 1.807) is 20.8 Å². The molecule has 0 aliphatic carbocycles. The van der Waals surface area contributed by atoms with Gasteiger partial charge in [0.1, 0.15) is 5.76 Å². The van der Waals surface area contributed by atoms with Crippen LogP contribution >= 0.6 is 0 Å². The third-order valence-corrected chi connectivity index (χ3v) is 5.29. The molecule has 1 aliphatic heterocycles. The number of nitrogens with zero attached hydrogens (tertiary/aromatic N) is 1. The normalized spacial score (nSPS) is 14.9. The van der Waals surface area contributed by atoms with E-state index in [9.17, 15) is 9.59 Å². The number of rotatable bonds is 5. The number of hydrogen-bond donors (Lipinski definition) is 0. The molecular weight excluding hydrogens is 350 g/mol. The minimum atomic E-state index is -0.977. The summed E-state index contributed by atoms with van der Waals surface area (Å²) in [4.78, 5) is 28.0. The van der Waals surface area contributed by atoms with Crippen LogP contribution in [0, 0.1) is 13.8 Å². The molecule has 0 aromatic heterocycles. The second-order valence-electron chi connectivity index (χ2n) is 7.96. The molecule has 146 valence electrons. The van der Waals surface area contributed by atoms with Crippen LogP contribution in [0.4, 0.5) is 0 Å². The lowest BCUT2D eigenvalue weighted by Gasteiger charge is -2.40. The quantitative estimate of drug-likeness (QED) is 0.774. The number of benzene rings is 2. The summed E-state index contributed by atoms with van der Waals surface area (Å²) in [6, 6.07) is 15.6. The van der Waals surface area contributed by atoms with Crippen molar-refractivity contribution in [3.63, 3.8) is 0 Å². The number of amides is 1. The van der Waals surface area contributed by atoms with Crippen molar-refractivity contribution in [2.75, 3.05) is 6.73 Å². The van der Waals surface area contributed by atoms with Crippen LogP contribution in [0.2, 0.25) is 0 Å². The third kappa shape index (κ3) is 3.86. The maximum Gasteiger partial charge on any atom is 0.261 e. The van der Waals surface area contributed by atoms with E-state index in [1.807, 2.05) is 56.3 Å². The molecular formula is C24H27NO3. The van der Waals surface area contributed by atoms with Crippen molar-refractivity contribution in [3.05, 3.63) is 76.5 Å². The summed E-state index contributed by atoms with van der Waals surface area (Å²) in [6.45, 7) is 9.50. The van der Waals surface area contributed by atoms with Crippen LogP contribution in [0.15, 0.2) is 54.3 Å². The highest BCUT2D eigenvalue weighted by Gasteiger charge is 2.41. The first-order valence-corrected chi connectivity index (χ1v) is 9.51. The molecule has 0 fully saturated rings. The summed E-state index contributed by atoms with van der Waals surface area (Å²) in [5.41, 5.74) is 3.56. The van der Waals surface area contributed by atoms with Crippen molar-refractivity contribution >= 4 is 17.3 Å². The second kappa shape index (κ2) is 7.63. The monoisotopic (exact) mass is 377 g/mol. The van der Waals surface area contributed by atoms with Gasteiger partial charge in [0.15, 0.2) is 12.5 Å². The van der Waals surface area contributed by atoms with E-state index in [0.29, 0.717) is 11.3 Å². The Kier molecular flexibility index (Phi) is 5.41. The average Bonchev–Trinajstić information content (AvgIpc) is 2.61. The van der Waals surface area contributed by atoms with Gasteiger partial charge in [-0.05, 0) is 45.7 Å². The van der Waals surface area contributed by atoms with E-state index in [1.165, 1.54) is 4.90 Å². The molecule has 3 rings (SSSR count). The zero-order valence-corrected chi connectivity index (χ0v) is 17.2. The van der Waals surface area contributed by atoms with Crippen molar-refractivity contribution in [1.29, 1.82) is 0 Å². The summed E-state index contributed by atoms with van der Waals surface area (Å²) in [5, 5.41) is 0. The lowest BCUT2D eigenvalue weighted by atomic mass is 9.89. The molecule has 1 amide bonds. The molecule has 1 aliphatic rings. The Morgan fingerprint density at radius 3 is 2.25 bits per heavy atom. The highest BCUT2D eigenvalue weighted by atomic mass is 16.5. The SMILES string of the molecule is CC1=C(c2ccccc2)C(=O)N(C(C)(C)C(=O)Cc2cc(C)cc(C)c2)CO1. The van der Waals surface area contributed by atoms with Gasteiger partial charge in [-0.3, -0.25) is 14.5 Å². The van der Waals surface area contributed by atoms with Gasteiger partial charge < -0.3 is 4.74 Å². The minimum Gasteiger partial charge on any atom is -0.477 e. The van der Waals surface area contributed by atoms with E-state index in [4.69, 9.17) is 4.74 Å². The topological polar surface area (TPSA) is 46.6 Å². The summed E-state index contributed by atoms with van der Waals surface area (Å²) < 4.78 is 5.79. The molecule has 0 atom stereocenters. The first-order valence-electron chi connectivity index (χ1n) is 9.51. The Hall–Kier alpha value is -2.88. The molecule has 0 N–H and O–H groups in total. The molecule has 0 saturated carbocycles. The van der Waals surface area contributed by atoms with Gasteiger partial charge in [0.05, 0.1) is 11.1 Å². The maximum absolute atomic E-state index is 13.3. The van der Waals surface area contributed by atoms with Gasteiger partial charge in [-0.15, -0.1) is 0 Å². The average molecular weight is 377 g/mol. The van der Waals surface area contributed by atoms with Gasteiger partial charge in [0.2, 0.25) is 0 Å². The van der Waals surface area contributed by atoms with Crippen molar-refractivity contribution in [1.82, 2.24) is 4.90 Å². The van der Waals surface area contributed by atoms with Crippen molar-refractivity contribution in [2.24, 2.45) is 0 Å². The zero-order valence-electron chi connectivity index (χ0n) is 17.2. The lowest BCUT2D eigenvalue weighted by molar-refractivity contribution is -0.148. The molecule has 0 bridgehead atoms. The number of hydrogen-bond acceptors (Lipinski definition) is 3. The summed E-state index contributed by atoms with van der Waals surface area (Å²) in [5.74, 6) is 0.403. The molecule has 0 radical (unpaired) electrons. The summed E-state index contributed by atoms with van der Waals surface area (Å²) in [6.07, 6.45) is 0.280. The molecule has 4 nitrogen and oxygen atoms in total. The molecule has 1 heterocycles. The number of carbonyl (C=O) groups excluding carboxylic acids is 2. The Morgan fingerprint density at radius 1 is 1.04 bits per heavy atom. The van der Waals surface area contributed by atoms with Crippen LogP contribution in [0.5, 0.6) is 0 Å². The Labute approximate surface area is 166 Å². The molecule has 2 aromatic rings. The number of allylic oxidation sites excluding steroid dienone is 1. The second-order valence-corrected chi connectivity index (χ2v) is 7.96. The van der Waals surface area contributed by atoms with E-state index in [0.717, 1.165) is 22.3 Å². The predicted molar refractivity (Wildman–Crippen MR) is 111 cm³/mol. The van der Waals surface area contributed by atoms with Crippen LogP contribution in [0.3, 0.4) is 0 Å². The number of aryl methyl sites for hydroxylation is 2. The standard InChI is InChI=1S/C24H27NO3/c1-16-11-17(2)13-19(12-16)14-21(26)24(4,5)25-15-28-18(3)22(23(25)27)20-9-7-6-8-10-20/h6-13H,14-15H2,1-5H3. The number of Topliss-reactive ketones (excluding diaryl/α,β-unsaturated/α-hetero) is 1. The van der Waals surface area contributed by atoms with Gasteiger partial charge in [0, 0.05) is 6.42 Å². The Bertz CT molecular complexity index is 921. The zero-order chi connectivity index (χ0) is 20.5. The molecule has 4 heteroatoms. The molecule has 2 aromatic carbocycles. The van der Waals surface area contributed by atoms with Gasteiger partial charge in [-0.25, -0.2) is 0 Å². The van der Waals surface area contributed by atoms with Crippen LogP contribution in [-0.2, 0) is 20.7 Å². The van der Waals surface area contributed by atoms with E-state index in [2.05, 4.69) is 6.07 Å². The predicted octanol–water partition coefficient (Wildman–Crippen LogP) is 4.44. The van der Waals surface area contributed by atoms with Crippen molar-refractivity contribution in [3.8, 4) is 0 Å². The van der Waals surface area contributed by atoms with Crippen molar-refractivity contribution < 1.29 is 14.3 Å². The van der Waals surface area contributed by atoms with Crippen LogP contribution < -0.4 is 0 Å². The summed E-state index contributed by atoms with van der Waals surface area (Å²) in [7, 11) is 0. The highest BCUT2D eigenvalue weighted by Crippen LogP contribution is 2.31. The van der Waals surface area contributed by atoms with Gasteiger partial charge >= 0.3 is 0 Å². The van der Waals surface area contributed by atoms with E-state index >= 15 is 0 Å². The number of ketones is 1. The van der Waals surface area contributed by atoms with Crippen LogP contribution in [0.1, 0.15) is 43.0 Å². The van der Waals surface area contributed by atoms with Gasteiger partial charge in [-0.1, -0.05) is 59.7 Å². The molecule has 0 saturated heterocycles. The van der Waals surface area contributed by atoms with Crippen molar-refractivity contribution in [2.45, 2.75) is 46.6 Å². The Balaban J connectivity index is 1.87. The van der Waals surface area contributed by atoms with E-state index in [-0.39, 0.29) is 24.8 Å². The first-order chi connectivity index (χ1) is 13.2. The largest absolute Gasteiger partial charge is 0.477 e. The minimum absolute atomic E-state index is 0.0126. The molecule has 0 spiro atoms. The van der Waals surface area contributed by atoms with Gasteiger partial charge in [-0.2, -0.15) is 0 Å². The number of ether oxygens (including phenoxy) is 1. The van der Waals surface area contributed by atoms with Crippen LogP contribution in [-0.4, -0.2) is 28.9 Å². The molecule has 28 heavy (non-hydrogen) atoms. The fourth-order valence-electron chi connectivity index (χ4n) is 3.65. The third-order valence-electron chi connectivity index (χ3n) is 5.29. The molecule has 0 unspecified atom stereocenters. The number of carbonyl (C=O) groups is 2. The Morgan fingerprint density at radius 2 is 1.64 bits per heavy atom. The van der Waals surface area contributed by atoms with Gasteiger partial charge in [0.25, 0.3) is 5.91 Å². The summed E-state index contributed by atoms with van der Waals surface area (Å²) >= 11 is 0. The first kappa shape index (κ1) is 19.9. The highest BCUT2D eigenvalue weighted by molar-refractivity contribution is 6.21. The van der Waals surface area contributed by atoms with Crippen LogP contribution in [0.25, 0.3) is 5.57 Å². The smallest absolute Gasteiger partial charge is 0.261 e. The maximum atomic E-state index is 13.3. The fourth-order valence-corrected chi connectivity index (χ4v) is 3.65.